The summed E-state index contributed by atoms with van der Waals surface area (Å²) >= 11 is 0. The van der Waals surface area contributed by atoms with E-state index in [1.807, 2.05) is 0 Å². The highest BCUT2D eigenvalue weighted by atomic mass is 16.7. The summed E-state index contributed by atoms with van der Waals surface area (Å²) in [7, 11) is 0. The Labute approximate surface area is 143 Å². The standard InChI is InChI=1S/C16H32N2O6/c19-13-15(21)17-23-11-9-7-5-3-1-2-4-6-8-10-12-24-18-16(22)14-20/h19-20H,1-14H2,(H,17,21)(H,18,22). The maximum Gasteiger partial charge on any atom is 0.269 e. The van der Waals surface area contributed by atoms with Gasteiger partial charge in [-0.2, -0.15) is 0 Å². The van der Waals surface area contributed by atoms with Gasteiger partial charge in [-0.3, -0.25) is 19.3 Å². The number of hydrogen-bond acceptors (Lipinski definition) is 6. The topological polar surface area (TPSA) is 117 Å². The van der Waals surface area contributed by atoms with Gasteiger partial charge in [0, 0.05) is 0 Å². The number of aliphatic hydroxyl groups excluding tert-OH is 2. The molecule has 0 fully saturated rings. The lowest BCUT2D eigenvalue weighted by Crippen LogP contribution is -2.26. The summed E-state index contributed by atoms with van der Waals surface area (Å²) in [4.78, 5) is 31.1. The monoisotopic (exact) mass is 348 g/mol. The van der Waals surface area contributed by atoms with Crippen LogP contribution in [0.3, 0.4) is 0 Å². The average Bonchev–Trinajstić information content (AvgIpc) is 2.60. The largest absolute Gasteiger partial charge is 0.386 e. The van der Waals surface area contributed by atoms with Crippen molar-refractivity contribution in [2.45, 2.75) is 64.2 Å². The van der Waals surface area contributed by atoms with Crippen molar-refractivity contribution in [1.82, 2.24) is 11.0 Å². The van der Waals surface area contributed by atoms with Crippen molar-refractivity contribution in [1.29, 1.82) is 0 Å². The lowest BCUT2D eigenvalue weighted by atomic mass is 10.1. The van der Waals surface area contributed by atoms with E-state index in [4.69, 9.17) is 19.9 Å². The molecule has 0 radical (unpaired) electrons. The Kier molecular flexibility index (Phi) is 17.2. The van der Waals surface area contributed by atoms with Crippen molar-refractivity contribution in [3.8, 4) is 0 Å². The molecule has 0 rings (SSSR count). The van der Waals surface area contributed by atoms with Gasteiger partial charge in [-0.15, -0.1) is 0 Å². The SMILES string of the molecule is O=C(CO)NOCCCCCCCCCCCCONC(=O)CO. The molecule has 0 aliphatic rings. The van der Waals surface area contributed by atoms with Crippen LogP contribution < -0.4 is 11.0 Å². The predicted octanol–water partition coefficient (Wildman–Crippen LogP) is 0.968. The van der Waals surface area contributed by atoms with E-state index in [0.717, 1.165) is 38.5 Å². The summed E-state index contributed by atoms with van der Waals surface area (Å²) in [5.74, 6) is -1.03. The molecule has 0 aliphatic heterocycles. The minimum atomic E-state index is -0.548. The molecule has 8 heteroatoms. The lowest BCUT2D eigenvalue weighted by Gasteiger charge is -2.05. The van der Waals surface area contributed by atoms with E-state index in [0.29, 0.717) is 13.2 Å². The van der Waals surface area contributed by atoms with Gasteiger partial charge in [0.25, 0.3) is 11.8 Å². The number of unbranched alkanes of at least 4 members (excludes halogenated alkanes) is 9. The van der Waals surface area contributed by atoms with Gasteiger partial charge in [0.15, 0.2) is 0 Å². The molecule has 0 unspecified atom stereocenters. The minimum absolute atomic E-state index is 0.479. The number of hydroxylamine groups is 2. The number of hydrogen-bond donors (Lipinski definition) is 4. The third-order valence-electron chi connectivity index (χ3n) is 3.40. The molecule has 0 saturated heterocycles. The predicted molar refractivity (Wildman–Crippen MR) is 88.5 cm³/mol. The molecule has 0 bridgehead atoms. The van der Waals surface area contributed by atoms with Crippen molar-refractivity contribution >= 4 is 11.8 Å². The van der Waals surface area contributed by atoms with Crippen LogP contribution in [0.1, 0.15) is 64.2 Å². The van der Waals surface area contributed by atoms with Crippen LogP contribution in [0.5, 0.6) is 0 Å². The van der Waals surface area contributed by atoms with Crippen LogP contribution in [0.15, 0.2) is 0 Å². The molecule has 24 heavy (non-hydrogen) atoms. The Morgan fingerprint density at radius 3 is 1.17 bits per heavy atom. The number of carbonyl (C=O) groups is 2. The Morgan fingerprint density at radius 2 is 0.875 bits per heavy atom. The van der Waals surface area contributed by atoms with E-state index < -0.39 is 25.0 Å². The molecule has 0 aromatic carbocycles. The fraction of sp³-hybridized carbons (Fsp3) is 0.875. The molecular formula is C16H32N2O6. The van der Waals surface area contributed by atoms with E-state index in [1.165, 1.54) is 25.7 Å². The molecule has 142 valence electrons. The summed E-state index contributed by atoms with van der Waals surface area (Å²) in [5, 5.41) is 16.9. The second-order valence-electron chi connectivity index (χ2n) is 5.60. The Bertz CT molecular complexity index is 285. The number of aliphatic hydroxyl groups is 2. The van der Waals surface area contributed by atoms with Gasteiger partial charge < -0.3 is 10.2 Å². The summed E-state index contributed by atoms with van der Waals surface area (Å²) in [6, 6.07) is 0. The quantitative estimate of drug-likeness (QED) is 0.230. The van der Waals surface area contributed by atoms with Crippen molar-refractivity contribution in [3.05, 3.63) is 0 Å². The number of carbonyl (C=O) groups excluding carboxylic acids is 2. The van der Waals surface area contributed by atoms with Crippen molar-refractivity contribution < 1.29 is 29.5 Å². The smallest absolute Gasteiger partial charge is 0.269 e. The molecule has 2 amide bonds. The van der Waals surface area contributed by atoms with Crippen molar-refractivity contribution in [3.63, 3.8) is 0 Å². The van der Waals surface area contributed by atoms with E-state index in [9.17, 15) is 9.59 Å². The molecular weight excluding hydrogens is 316 g/mol. The van der Waals surface area contributed by atoms with E-state index in [-0.39, 0.29) is 0 Å². The third-order valence-corrected chi connectivity index (χ3v) is 3.40. The fourth-order valence-electron chi connectivity index (χ4n) is 2.09. The van der Waals surface area contributed by atoms with Crippen LogP contribution in [-0.4, -0.2) is 48.5 Å². The van der Waals surface area contributed by atoms with Gasteiger partial charge in [-0.25, -0.2) is 11.0 Å². The number of rotatable bonds is 17. The first-order chi connectivity index (χ1) is 11.7. The van der Waals surface area contributed by atoms with Gasteiger partial charge in [0.2, 0.25) is 0 Å². The summed E-state index contributed by atoms with van der Waals surface area (Å²) in [6.07, 6.45) is 11.1. The fourth-order valence-corrected chi connectivity index (χ4v) is 2.09. The van der Waals surface area contributed by atoms with Crippen LogP contribution >= 0.6 is 0 Å². The van der Waals surface area contributed by atoms with Gasteiger partial charge in [0.1, 0.15) is 13.2 Å². The Balaban J connectivity index is 3.05. The van der Waals surface area contributed by atoms with Crippen LogP contribution in [0.25, 0.3) is 0 Å². The first-order valence-electron chi connectivity index (χ1n) is 8.73. The highest BCUT2D eigenvalue weighted by Gasteiger charge is 1.98. The van der Waals surface area contributed by atoms with Gasteiger partial charge >= 0.3 is 0 Å². The van der Waals surface area contributed by atoms with Crippen LogP contribution in [-0.2, 0) is 19.3 Å². The highest BCUT2D eigenvalue weighted by Crippen LogP contribution is 2.10. The summed E-state index contributed by atoms with van der Waals surface area (Å²) in [5.41, 5.74) is 4.31. The first kappa shape index (κ1) is 22.8. The average molecular weight is 348 g/mol. The van der Waals surface area contributed by atoms with Gasteiger partial charge in [-0.1, -0.05) is 51.4 Å². The van der Waals surface area contributed by atoms with E-state index in [2.05, 4.69) is 11.0 Å². The molecule has 0 heterocycles. The van der Waals surface area contributed by atoms with Crippen LogP contribution in [0.2, 0.25) is 0 Å². The van der Waals surface area contributed by atoms with E-state index in [1.54, 1.807) is 0 Å². The first-order valence-corrected chi connectivity index (χ1v) is 8.73. The lowest BCUT2D eigenvalue weighted by molar-refractivity contribution is -0.137. The Hall–Kier alpha value is -1.22. The van der Waals surface area contributed by atoms with Crippen molar-refractivity contribution in [2.24, 2.45) is 0 Å². The molecule has 0 aromatic rings. The van der Waals surface area contributed by atoms with Crippen molar-refractivity contribution in [2.75, 3.05) is 26.4 Å². The second-order valence-corrected chi connectivity index (χ2v) is 5.60. The molecule has 4 N–H and O–H groups in total. The molecule has 8 nitrogen and oxygen atoms in total. The number of nitrogens with one attached hydrogen (secondary N) is 2. The summed E-state index contributed by atoms with van der Waals surface area (Å²) in [6.45, 7) is -0.139. The molecule has 0 spiro atoms. The Morgan fingerprint density at radius 1 is 0.583 bits per heavy atom. The maximum absolute atomic E-state index is 10.7. The molecule has 0 saturated carbocycles. The number of amides is 2. The van der Waals surface area contributed by atoms with Crippen LogP contribution in [0, 0.1) is 0 Å². The molecule has 0 aliphatic carbocycles. The zero-order valence-corrected chi connectivity index (χ0v) is 14.4. The zero-order chi connectivity index (χ0) is 17.9. The zero-order valence-electron chi connectivity index (χ0n) is 14.4. The van der Waals surface area contributed by atoms with E-state index >= 15 is 0 Å². The summed E-state index contributed by atoms with van der Waals surface area (Å²) < 4.78 is 0. The molecule has 0 aromatic heterocycles. The third kappa shape index (κ3) is 17.1. The van der Waals surface area contributed by atoms with Crippen LogP contribution in [0.4, 0.5) is 0 Å². The second kappa shape index (κ2) is 18.1. The maximum atomic E-state index is 10.7. The normalized spacial score (nSPS) is 10.6. The highest BCUT2D eigenvalue weighted by molar-refractivity contribution is 5.75. The van der Waals surface area contributed by atoms with Gasteiger partial charge in [0.05, 0.1) is 13.2 Å². The van der Waals surface area contributed by atoms with Gasteiger partial charge in [-0.05, 0) is 12.8 Å². The molecule has 0 atom stereocenters. The minimum Gasteiger partial charge on any atom is -0.386 e.